The van der Waals surface area contributed by atoms with Crippen molar-refractivity contribution in [3.8, 4) is 0 Å². The fourth-order valence-electron chi connectivity index (χ4n) is 2.45. The van der Waals surface area contributed by atoms with Crippen molar-refractivity contribution in [2.45, 2.75) is 6.92 Å². The number of likely N-dealkylation sites (N-methyl/N-ethyl adjacent to an activating group) is 1. The van der Waals surface area contributed by atoms with E-state index in [0.29, 0.717) is 15.2 Å². The lowest BCUT2D eigenvalue weighted by atomic mass is 10.1. The van der Waals surface area contributed by atoms with Crippen LogP contribution in [0, 0.1) is 6.92 Å². The number of hydrogen-bond donors (Lipinski definition) is 0. The third kappa shape index (κ3) is 3.06. The molecule has 0 spiro atoms. The Balaban J connectivity index is 1.72. The van der Waals surface area contributed by atoms with E-state index < -0.39 is 0 Å². The Hall–Kier alpha value is -2.58. The zero-order valence-electron chi connectivity index (χ0n) is 13.5. The number of carbonyl (C=O) groups excluding carboxylic acids is 1. The highest BCUT2D eigenvalue weighted by Gasteiger charge is 2.30. The number of aryl methyl sites for hydroxylation is 1. The van der Waals surface area contributed by atoms with E-state index in [-0.39, 0.29) is 5.91 Å². The Morgan fingerprint density at radius 2 is 2.04 bits per heavy atom. The third-order valence-electron chi connectivity index (χ3n) is 3.68. The molecule has 0 bridgehead atoms. The zero-order chi connectivity index (χ0) is 17.4. The predicted octanol–water partition coefficient (Wildman–Crippen LogP) is 3.63. The van der Waals surface area contributed by atoms with Crippen molar-refractivity contribution in [2.75, 3.05) is 7.05 Å². The van der Waals surface area contributed by atoms with Crippen LogP contribution >= 0.6 is 23.1 Å². The summed E-state index contributed by atoms with van der Waals surface area (Å²) < 4.78 is 0. The molecule has 6 nitrogen and oxygen atoms in total. The first-order valence-corrected chi connectivity index (χ1v) is 9.15. The molecular weight excluding hydrogens is 354 g/mol. The minimum absolute atomic E-state index is 0.0779. The Bertz CT molecular complexity index is 1030. The fourth-order valence-corrected chi connectivity index (χ4v) is 4.03. The van der Waals surface area contributed by atoms with E-state index >= 15 is 0 Å². The lowest BCUT2D eigenvalue weighted by Gasteiger charge is -2.05. The molecule has 2 aromatic heterocycles. The molecule has 0 saturated carbocycles. The summed E-state index contributed by atoms with van der Waals surface area (Å²) >= 11 is 2.74. The summed E-state index contributed by atoms with van der Waals surface area (Å²) in [6.07, 6.45) is 3.64. The van der Waals surface area contributed by atoms with Crippen molar-refractivity contribution in [1.82, 2.24) is 20.1 Å². The summed E-state index contributed by atoms with van der Waals surface area (Å²) in [6.45, 7) is 1.87. The molecule has 1 aromatic carbocycles. The first-order chi connectivity index (χ1) is 12.1. The van der Waals surface area contributed by atoms with E-state index in [0.717, 1.165) is 21.5 Å². The smallest absolute Gasteiger partial charge is 0.266 e. The summed E-state index contributed by atoms with van der Waals surface area (Å²) in [4.78, 5) is 23.5. The maximum absolute atomic E-state index is 12.6. The van der Waals surface area contributed by atoms with Gasteiger partial charge in [-0.2, -0.15) is 4.99 Å². The molecule has 3 heterocycles. The second-order valence-corrected chi connectivity index (χ2v) is 7.56. The van der Waals surface area contributed by atoms with Crippen molar-refractivity contribution in [2.24, 2.45) is 4.99 Å². The highest BCUT2D eigenvalue weighted by Crippen LogP contribution is 2.34. The van der Waals surface area contributed by atoms with Gasteiger partial charge in [0.2, 0.25) is 5.13 Å². The molecule has 8 heteroatoms. The van der Waals surface area contributed by atoms with Gasteiger partial charge in [0.25, 0.3) is 5.91 Å². The van der Waals surface area contributed by atoms with Gasteiger partial charge in [-0.15, -0.1) is 10.2 Å². The van der Waals surface area contributed by atoms with E-state index in [4.69, 9.17) is 0 Å². The van der Waals surface area contributed by atoms with E-state index in [9.17, 15) is 4.79 Å². The molecule has 1 aliphatic heterocycles. The maximum Gasteiger partial charge on any atom is 0.266 e. The quantitative estimate of drug-likeness (QED) is 0.647. The molecule has 0 unspecified atom stereocenters. The molecule has 1 aliphatic rings. The van der Waals surface area contributed by atoms with Crippen LogP contribution in [0.1, 0.15) is 10.6 Å². The first-order valence-electron chi connectivity index (χ1n) is 7.52. The van der Waals surface area contributed by atoms with Crippen LogP contribution in [0.2, 0.25) is 0 Å². The van der Waals surface area contributed by atoms with Crippen LogP contribution in [0.5, 0.6) is 0 Å². The van der Waals surface area contributed by atoms with Gasteiger partial charge < -0.3 is 0 Å². The topological polar surface area (TPSA) is 71.3 Å². The molecule has 25 heavy (non-hydrogen) atoms. The summed E-state index contributed by atoms with van der Waals surface area (Å²) in [5.41, 5.74) is 1.86. The predicted molar refractivity (Wildman–Crippen MR) is 102 cm³/mol. The molecule has 0 aliphatic carbocycles. The Morgan fingerprint density at radius 3 is 2.84 bits per heavy atom. The summed E-state index contributed by atoms with van der Waals surface area (Å²) in [5.74, 6) is -0.0779. The Kier molecular flexibility index (Phi) is 4.06. The minimum atomic E-state index is -0.0779. The van der Waals surface area contributed by atoms with Crippen molar-refractivity contribution in [3.63, 3.8) is 0 Å². The number of rotatable bonds is 2. The number of amides is 1. The van der Waals surface area contributed by atoms with Crippen LogP contribution in [0.25, 0.3) is 17.0 Å². The second kappa shape index (κ2) is 6.38. The van der Waals surface area contributed by atoms with Crippen molar-refractivity contribution < 1.29 is 4.79 Å². The van der Waals surface area contributed by atoms with Gasteiger partial charge in [0.05, 0.1) is 10.4 Å². The molecular formula is C17H13N5OS2. The van der Waals surface area contributed by atoms with Crippen molar-refractivity contribution in [3.05, 3.63) is 52.0 Å². The van der Waals surface area contributed by atoms with Crippen LogP contribution in [0.15, 0.2) is 46.4 Å². The third-order valence-corrected chi connectivity index (χ3v) is 5.47. The molecule has 4 rings (SSSR count). The molecule has 0 radical (unpaired) electrons. The largest absolute Gasteiger partial charge is 0.289 e. The number of hydrogen-bond acceptors (Lipinski definition) is 7. The van der Waals surface area contributed by atoms with Gasteiger partial charge >= 0.3 is 0 Å². The molecule has 1 amide bonds. The Morgan fingerprint density at radius 1 is 1.20 bits per heavy atom. The Labute approximate surface area is 152 Å². The van der Waals surface area contributed by atoms with Gasteiger partial charge in [-0.1, -0.05) is 29.5 Å². The van der Waals surface area contributed by atoms with Gasteiger partial charge in [0.15, 0.2) is 5.17 Å². The number of aliphatic imine (C=N–C) groups is 1. The highest BCUT2D eigenvalue weighted by molar-refractivity contribution is 8.18. The van der Waals surface area contributed by atoms with Crippen molar-refractivity contribution >= 4 is 56.3 Å². The molecule has 3 aromatic rings. The average molecular weight is 367 g/mol. The van der Waals surface area contributed by atoms with Gasteiger partial charge in [0, 0.05) is 18.6 Å². The molecule has 1 fully saturated rings. The number of nitrogens with zero attached hydrogens (tertiary/aromatic N) is 5. The number of pyridine rings is 1. The van der Waals surface area contributed by atoms with Crippen LogP contribution in [0.4, 0.5) is 5.13 Å². The van der Waals surface area contributed by atoms with Gasteiger partial charge in [-0.3, -0.25) is 14.7 Å². The van der Waals surface area contributed by atoms with Gasteiger partial charge in [0.1, 0.15) is 5.01 Å². The monoisotopic (exact) mass is 367 g/mol. The number of aromatic nitrogens is 3. The molecule has 0 atom stereocenters. The van der Waals surface area contributed by atoms with E-state index in [2.05, 4.69) is 20.2 Å². The summed E-state index contributed by atoms with van der Waals surface area (Å²) in [7, 11) is 1.72. The number of carbonyl (C=O) groups is 1. The fraction of sp³-hybridized carbons (Fsp3) is 0.118. The van der Waals surface area contributed by atoms with Crippen molar-refractivity contribution in [1.29, 1.82) is 0 Å². The van der Waals surface area contributed by atoms with E-state index in [1.807, 2.05) is 43.3 Å². The van der Waals surface area contributed by atoms with Crippen LogP contribution in [0.3, 0.4) is 0 Å². The SMILES string of the molecule is Cc1nnc(N=C2S/C(=C\c3ccnc4ccccc34)C(=O)N2C)s1. The minimum Gasteiger partial charge on any atom is -0.289 e. The van der Waals surface area contributed by atoms with Crippen LogP contribution in [-0.4, -0.2) is 38.2 Å². The second-order valence-electron chi connectivity index (χ2n) is 5.39. The van der Waals surface area contributed by atoms with Crippen LogP contribution in [-0.2, 0) is 4.79 Å². The molecule has 1 saturated heterocycles. The number of benzene rings is 1. The molecule has 0 N–H and O–H groups in total. The lowest BCUT2D eigenvalue weighted by molar-refractivity contribution is -0.121. The normalized spacial score (nSPS) is 18.0. The number of amidine groups is 1. The first kappa shape index (κ1) is 15.9. The molecule has 124 valence electrons. The standard InChI is InChI=1S/C17H13N5OS2/c1-10-20-21-16(24-10)19-17-22(2)15(23)14(25-17)9-11-7-8-18-13-6-4-3-5-12(11)13/h3-9H,1-2H3/b14-9-,19-17?. The maximum atomic E-state index is 12.6. The lowest BCUT2D eigenvalue weighted by Crippen LogP contribution is -2.23. The van der Waals surface area contributed by atoms with E-state index in [1.54, 1.807) is 13.2 Å². The summed E-state index contributed by atoms with van der Waals surface area (Å²) in [5, 5.41) is 11.0. The number of para-hydroxylation sites is 1. The van der Waals surface area contributed by atoms with Gasteiger partial charge in [-0.05, 0) is 42.5 Å². The number of fused-ring (bicyclic) bond motifs is 1. The van der Waals surface area contributed by atoms with Crippen LogP contribution < -0.4 is 0 Å². The summed E-state index contributed by atoms with van der Waals surface area (Å²) in [6, 6.07) is 9.78. The average Bonchev–Trinajstić information content (AvgIpc) is 3.14. The highest BCUT2D eigenvalue weighted by atomic mass is 32.2. The van der Waals surface area contributed by atoms with E-state index in [1.165, 1.54) is 28.0 Å². The van der Waals surface area contributed by atoms with Gasteiger partial charge in [-0.25, -0.2) is 0 Å². The number of thioether (sulfide) groups is 1. The zero-order valence-corrected chi connectivity index (χ0v) is 15.1.